The third-order valence-corrected chi connectivity index (χ3v) is 4.59. The van der Waals surface area contributed by atoms with Crippen LogP contribution in [0.3, 0.4) is 0 Å². The van der Waals surface area contributed by atoms with Crippen LogP contribution in [-0.4, -0.2) is 28.7 Å². The number of rotatable bonds is 4. The molecule has 2 heteroatoms. The lowest BCUT2D eigenvalue weighted by molar-refractivity contribution is -0.0122. The monoisotopic (exact) mass is 247 g/mol. The second-order valence-electron chi connectivity index (χ2n) is 5.39. The van der Waals surface area contributed by atoms with Gasteiger partial charge in [-0.05, 0) is 30.5 Å². The average molecular weight is 247 g/mol. The zero-order valence-electron chi connectivity index (χ0n) is 11.8. The lowest BCUT2D eigenvalue weighted by Gasteiger charge is -2.42. The van der Waals surface area contributed by atoms with E-state index in [1.807, 2.05) is 0 Å². The van der Waals surface area contributed by atoms with Gasteiger partial charge in [-0.25, -0.2) is 0 Å². The molecule has 0 bridgehead atoms. The van der Waals surface area contributed by atoms with Crippen molar-refractivity contribution in [3.05, 3.63) is 35.4 Å². The molecule has 1 heterocycles. The summed E-state index contributed by atoms with van der Waals surface area (Å²) in [7, 11) is 0. The molecule has 1 aliphatic rings. The van der Waals surface area contributed by atoms with Gasteiger partial charge in [0.1, 0.15) is 0 Å². The SMILES string of the molecule is CCN1Cc2ccccc2C(C(O)(CC)CC)C1. The topological polar surface area (TPSA) is 23.5 Å². The summed E-state index contributed by atoms with van der Waals surface area (Å²) in [5.41, 5.74) is 2.17. The second kappa shape index (κ2) is 5.41. The van der Waals surface area contributed by atoms with Crippen LogP contribution in [-0.2, 0) is 6.54 Å². The standard InChI is InChI=1S/C16H25NO/c1-4-16(18,5-2)15-12-17(6-3)11-13-9-7-8-10-14(13)15/h7-10,15,18H,4-6,11-12H2,1-3H3. The Labute approximate surface area is 111 Å². The lowest BCUT2D eigenvalue weighted by Crippen LogP contribution is -2.45. The third-order valence-electron chi connectivity index (χ3n) is 4.59. The summed E-state index contributed by atoms with van der Waals surface area (Å²) < 4.78 is 0. The molecule has 1 aromatic carbocycles. The molecule has 0 radical (unpaired) electrons. The molecule has 0 saturated heterocycles. The highest BCUT2D eigenvalue weighted by Gasteiger charge is 2.38. The van der Waals surface area contributed by atoms with E-state index in [9.17, 15) is 5.11 Å². The Morgan fingerprint density at radius 1 is 1.22 bits per heavy atom. The Morgan fingerprint density at radius 2 is 1.89 bits per heavy atom. The number of hydrogen-bond acceptors (Lipinski definition) is 2. The largest absolute Gasteiger partial charge is 0.389 e. The number of benzene rings is 1. The summed E-state index contributed by atoms with van der Waals surface area (Å²) in [5.74, 6) is 0.248. The highest BCUT2D eigenvalue weighted by atomic mass is 16.3. The predicted octanol–water partition coefficient (Wildman–Crippen LogP) is 3.16. The first-order chi connectivity index (χ1) is 8.64. The molecular weight excluding hydrogens is 222 g/mol. The van der Waals surface area contributed by atoms with Crippen molar-refractivity contribution in [1.29, 1.82) is 0 Å². The molecule has 1 atom stereocenters. The first-order valence-corrected chi connectivity index (χ1v) is 7.17. The van der Waals surface area contributed by atoms with E-state index < -0.39 is 5.60 Å². The van der Waals surface area contributed by atoms with Crippen molar-refractivity contribution in [2.24, 2.45) is 0 Å². The van der Waals surface area contributed by atoms with Gasteiger partial charge >= 0.3 is 0 Å². The van der Waals surface area contributed by atoms with Gasteiger partial charge in [-0.15, -0.1) is 0 Å². The zero-order valence-corrected chi connectivity index (χ0v) is 11.8. The molecule has 0 aliphatic carbocycles. The molecule has 2 rings (SSSR count). The van der Waals surface area contributed by atoms with Gasteiger partial charge in [-0.1, -0.05) is 45.0 Å². The molecule has 18 heavy (non-hydrogen) atoms. The maximum absolute atomic E-state index is 10.9. The molecule has 1 aliphatic heterocycles. The van der Waals surface area contributed by atoms with Crippen molar-refractivity contribution in [2.75, 3.05) is 13.1 Å². The van der Waals surface area contributed by atoms with E-state index in [0.29, 0.717) is 0 Å². The Morgan fingerprint density at radius 3 is 2.50 bits per heavy atom. The van der Waals surface area contributed by atoms with Crippen molar-refractivity contribution in [3.63, 3.8) is 0 Å². The quantitative estimate of drug-likeness (QED) is 0.883. The van der Waals surface area contributed by atoms with Crippen LogP contribution in [0.25, 0.3) is 0 Å². The number of nitrogens with zero attached hydrogens (tertiary/aromatic N) is 1. The van der Waals surface area contributed by atoms with Crippen molar-refractivity contribution >= 4 is 0 Å². The average Bonchev–Trinajstić information content (AvgIpc) is 2.45. The van der Waals surface area contributed by atoms with Gasteiger partial charge in [0.2, 0.25) is 0 Å². The molecule has 0 aromatic heterocycles. The van der Waals surface area contributed by atoms with Crippen LogP contribution in [0, 0.1) is 0 Å². The number of fused-ring (bicyclic) bond motifs is 1. The van der Waals surface area contributed by atoms with Crippen molar-refractivity contribution in [3.8, 4) is 0 Å². The van der Waals surface area contributed by atoms with Crippen molar-refractivity contribution in [1.82, 2.24) is 4.90 Å². The van der Waals surface area contributed by atoms with Crippen LogP contribution >= 0.6 is 0 Å². The Kier molecular flexibility index (Phi) is 4.08. The molecule has 0 amide bonds. The minimum absolute atomic E-state index is 0.248. The molecule has 0 saturated carbocycles. The molecular formula is C16H25NO. The normalized spacial score (nSPS) is 20.8. The molecule has 1 unspecified atom stereocenters. The van der Waals surface area contributed by atoms with E-state index in [0.717, 1.165) is 32.5 Å². The minimum atomic E-state index is -0.566. The lowest BCUT2D eigenvalue weighted by atomic mass is 9.75. The Balaban J connectivity index is 2.40. The summed E-state index contributed by atoms with van der Waals surface area (Å²) in [6.07, 6.45) is 1.64. The molecule has 1 N–H and O–H groups in total. The van der Waals surface area contributed by atoms with Crippen LogP contribution in [0.4, 0.5) is 0 Å². The van der Waals surface area contributed by atoms with Gasteiger partial charge < -0.3 is 5.11 Å². The van der Waals surface area contributed by atoms with E-state index >= 15 is 0 Å². The van der Waals surface area contributed by atoms with Gasteiger partial charge in [0, 0.05) is 19.0 Å². The minimum Gasteiger partial charge on any atom is -0.389 e. The van der Waals surface area contributed by atoms with Gasteiger partial charge in [0.15, 0.2) is 0 Å². The fourth-order valence-electron chi connectivity index (χ4n) is 3.12. The number of aliphatic hydroxyl groups is 1. The van der Waals surface area contributed by atoms with E-state index in [2.05, 4.69) is 49.9 Å². The maximum Gasteiger partial charge on any atom is 0.0723 e. The summed E-state index contributed by atoms with van der Waals surface area (Å²) >= 11 is 0. The Hall–Kier alpha value is -0.860. The molecule has 1 aromatic rings. The van der Waals surface area contributed by atoms with E-state index in [1.54, 1.807) is 0 Å². The smallest absolute Gasteiger partial charge is 0.0723 e. The molecule has 0 fully saturated rings. The van der Waals surface area contributed by atoms with E-state index in [1.165, 1.54) is 11.1 Å². The zero-order chi connectivity index (χ0) is 13.2. The van der Waals surface area contributed by atoms with Crippen LogP contribution in [0.5, 0.6) is 0 Å². The summed E-state index contributed by atoms with van der Waals surface area (Å²) in [4.78, 5) is 2.43. The fraction of sp³-hybridized carbons (Fsp3) is 0.625. The van der Waals surface area contributed by atoms with Gasteiger partial charge in [0.05, 0.1) is 5.60 Å². The number of hydrogen-bond donors (Lipinski definition) is 1. The highest BCUT2D eigenvalue weighted by Crippen LogP contribution is 2.39. The molecule has 100 valence electrons. The molecule has 2 nitrogen and oxygen atoms in total. The second-order valence-corrected chi connectivity index (χ2v) is 5.39. The first kappa shape index (κ1) is 13.6. The fourth-order valence-corrected chi connectivity index (χ4v) is 3.12. The van der Waals surface area contributed by atoms with E-state index in [4.69, 9.17) is 0 Å². The Bertz CT molecular complexity index is 398. The van der Waals surface area contributed by atoms with Crippen LogP contribution in [0.1, 0.15) is 50.7 Å². The van der Waals surface area contributed by atoms with Crippen molar-refractivity contribution in [2.45, 2.75) is 51.7 Å². The van der Waals surface area contributed by atoms with Gasteiger partial charge in [-0.3, -0.25) is 4.90 Å². The third kappa shape index (κ3) is 2.32. The van der Waals surface area contributed by atoms with Gasteiger partial charge in [0.25, 0.3) is 0 Å². The predicted molar refractivity (Wildman–Crippen MR) is 75.7 cm³/mol. The molecule has 0 spiro atoms. The summed E-state index contributed by atoms with van der Waals surface area (Å²) in [5, 5.41) is 10.9. The maximum atomic E-state index is 10.9. The summed E-state index contributed by atoms with van der Waals surface area (Å²) in [6, 6.07) is 8.60. The first-order valence-electron chi connectivity index (χ1n) is 7.17. The van der Waals surface area contributed by atoms with Crippen LogP contribution in [0.2, 0.25) is 0 Å². The summed E-state index contributed by atoms with van der Waals surface area (Å²) in [6.45, 7) is 9.43. The van der Waals surface area contributed by atoms with Gasteiger partial charge in [-0.2, -0.15) is 0 Å². The van der Waals surface area contributed by atoms with Crippen LogP contribution in [0.15, 0.2) is 24.3 Å². The van der Waals surface area contributed by atoms with E-state index in [-0.39, 0.29) is 5.92 Å². The highest BCUT2D eigenvalue weighted by molar-refractivity contribution is 5.35. The number of likely N-dealkylation sites (N-methyl/N-ethyl adjacent to an activating group) is 1. The van der Waals surface area contributed by atoms with Crippen LogP contribution < -0.4 is 0 Å². The van der Waals surface area contributed by atoms with Crippen molar-refractivity contribution < 1.29 is 5.11 Å².